The summed E-state index contributed by atoms with van der Waals surface area (Å²) >= 11 is 0. The standard InChI is InChI=1S/C29H37N3O6/c30-17-22(29(37)31-26-24(6-2-5-13-33)38-25(18-34)27(35)28(26)36)15-19-7-8-21-16-23(10-9-20(21)14-19)32-11-3-1-4-12-32/h7-10,14-16,24-28,33-36H,1-6,11-13,18H2,(H,31,37)/b22-15+/t24?,25-,26+,27-,28-/m1/s1. The van der Waals surface area contributed by atoms with Gasteiger partial charge in [0.1, 0.15) is 30.0 Å². The van der Waals surface area contributed by atoms with Gasteiger partial charge < -0.3 is 35.4 Å². The van der Waals surface area contributed by atoms with Crippen molar-refractivity contribution in [3.63, 3.8) is 0 Å². The van der Waals surface area contributed by atoms with Crippen LogP contribution in [-0.2, 0) is 9.53 Å². The number of unbranched alkanes of at least 4 members (excludes halogenated alkanes) is 1. The predicted molar refractivity (Wildman–Crippen MR) is 144 cm³/mol. The number of aliphatic hydroxyl groups excluding tert-OH is 4. The molecule has 2 aliphatic heterocycles. The number of piperidine rings is 1. The van der Waals surface area contributed by atoms with E-state index in [2.05, 4.69) is 28.4 Å². The summed E-state index contributed by atoms with van der Waals surface area (Å²) in [4.78, 5) is 15.5. The Balaban J connectivity index is 1.50. The monoisotopic (exact) mass is 523 g/mol. The fourth-order valence-electron chi connectivity index (χ4n) is 5.31. The lowest BCUT2D eigenvalue weighted by Gasteiger charge is -2.42. The first-order valence-corrected chi connectivity index (χ1v) is 13.4. The number of nitriles is 1. The summed E-state index contributed by atoms with van der Waals surface area (Å²) < 4.78 is 5.75. The molecule has 2 aromatic carbocycles. The second kappa shape index (κ2) is 13.2. The van der Waals surface area contributed by atoms with E-state index < -0.39 is 43.0 Å². The van der Waals surface area contributed by atoms with Gasteiger partial charge in [-0.25, -0.2) is 0 Å². The van der Waals surface area contributed by atoms with Crippen LogP contribution in [0.4, 0.5) is 5.69 Å². The zero-order chi connectivity index (χ0) is 27.1. The second-order valence-corrected chi connectivity index (χ2v) is 10.1. The average molecular weight is 524 g/mol. The molecule has 5 atom stereocenters. The quantitative estimate of drug-likeness (QED) is 0.190. The molecule has 2 heterocycles. The minimum Gasteiger partial charge on any atom is -0.396 e. The van der Waals surface area contributed by atoms with Gasteiger partial charge in [-0.2, -0.15) is 5.26 Å². The molecule has 2 aromatic rings. The fourth-order valence-corrected chi connectivity index (χ4v) is 5.31. The zero-order valence-electron chi connectivity index (χ0n) is 21.5. The molecule has 2 saturated heterocycles. The lowest BCUT2D eigenvalue weighted by Crippen LogP contribution is -2.64. The van der Waals surface area contributed by atoms with E-state index in [1.54, 1.807) is 0 Å². The molecule has 4 rings (SSSR count). The molecule has 0 saturated carbocycles. The molecule has 2 fully saturated rings. The first kappa shape index (κ1) is 28.0. The van der Waals surface area contributed by atoms with Gasteiger partial charge in [0.2, 0.25) is 0 Å². The van der Waals surface area contributed by atoms with Crippen LogP contribution in [0, 0.1) is 11.3 Å². The molecule has 1 unspecified atom stereocenters. The molecule has 9 nitrogen and oxygen atoms in total. The van der Waals surface area contributed by atoms with Crippen molar-refractivity contribution in [2.24, 2.45) is 0 Å². The number of benzene rings is 2. The third kappa shape index (κ3) is 6.52. The van der Waals surface area contributed by atoms with Gasteiger partial charge in [0.05, 0.1) is 18.8 Å². The van der Waals surface area contributed by atoms with E-state index >= 15 is 0 Å². The van der Waals surface area contributed by atoms with Gasteiger partial charge in [-0.05, 0) is 79.1 Å². The normalized spacial score (nSPS) is 26.2. The molecular weight excluding hydrogens is 486 g/mol. The molecule has 0 aromatic heterocycles. The van der Waals surface area contributed by atoms with Crippen molar-refractivity contribution in [3.8, 4) is 6.07 Å². The van der Waals surface area contributed by atoms with Crippen molar-refractivity contribution in [2.45, 2.75) is 69.0 Å². The van der Waals surface area contributed by atoms with Gasteiger partial charge in [-0.3, -0.25) is 4.79 Å². The van der Waals surface area contributed by atoms with E-state index in [1.807, 2.05) is 24.3 Å². The molecule has 38 heavy (non-hydrogen) atoms. The highest BCUT2D eigenvalue weighted by Crippen LogP contribution is 2.27. The maximum atomic E-state index is 13.1. The Kier molecular flexibility index (Phi) is 9.72. The molecule has 0 aliphatic carbocycles. The number of nitrogens with zero attached hydrogens (tertiary/aromatic N) is 2. The molecule has 1 amide bonds. The number of anilines is 1. The third-order valence-corrected chi connectivity index (χ3v) is 7.47. The van der Waals surface area contributed by atoms with Crippen molar-refractivity contribution in [3.05, 3.63) is 47.5 Å². The van der Waals surface area contributed by atoms with Gasteiger partial charge in [-0.1, -0.05) is 18.2 Å². The maximum Gasteiger partial charge on any atom is 0.262 e. The zero-order valence-corrected chi connectivity index (χ0v) is 21.5. The number of amides is 1. The predicted octanol–water partition coefficient (Wildman–Crippen LogP) is 1.87. The van der Waals surface area contributed by atoms with Gasteiger partial charge in [0.15, 0.2) is 0 Å². The molecule has 0 spiro atoms. The van der Waals surface area contributed by atoms with E-state index in [0.717, 1.165) is 23.9 Å². The fraction of sp³-hybridized carbons (Fsp3) is 0.517. The Bertz CT molecular complexity index is 1170. The van der Waals surface area contributed by atoms with Crippen LogP contribution in [0.25, 0.3) is 16.8 Å². The summed E-state index contributed by atoms with van der Waals surface area (Å²) in [5, 5.41) is 54.1. The highest BCUT2D eigenvalue weighted by Gasteiger charge is 2.44. The topological polar surface area (TPSA) is 146 Å². The number of hydrogen-bond donors (Lipinski definition) is 5. The van der Waals surface area contributed by atoms with E-state index in [9.17, 15) is 25.4 Å². The van der Waals surface area contributed by atoms with Crippen LogP contribution in [-0.4, -0.2) is 83.1 Å². The smallest absolute Gasteiger partial charge is 0.262 e. The van der Waals surface area contributed by atoms with Crippen molar-refractivity contribution in [1.82, 2.24) is 5.32 Å². The number of carbonyl (C=O) groups excluding carboxylic acids is 1. The highest BCUT2D eigenvalue weighted by atomic mass is 16.5. The van der Waals surface area contributed by atoms with E-state index in [1.165, 1.54) is 31.0 Å². The molecule has 0 radical (unpaired) electrons. The summed E-state index contributed by atoms with van der Waals surface area (Å²) in [6, 6.07) is 13.0. The molecule has 0 bridgehead atoms. The molecule has 5 N–H and O–H groups in total. The van der Waals surface area contributed by atoms with Gasteiger partial charge in [0.25, 0.3) is 5.91 Å². The number of aliphatic hydroxyl groups is 4. The number of rotatable bonds is 9. The number of hydrogen-bond acceptors (Lipinski definition) is 8. The molecule has 2 aliphatic rings. The Morgan fingerprint density at radius 3 is 2.47 bits per heavy atom. The van der Waals surface area contributed by atoms with Gasteiger partial charge in [-0.15, -0.1) is 0 Å². The van der Waals surface area contributed by atoms with Crippen molar-refractivity contribution in [1.29, 1.82) is 5.26 Å². The molecule has 204 valence electrons. The van der Waals surface area contributed by atoms with Crippen LogP contribution in [0.15, 0.2) is 42.0 Å². The lowest BCUT2D eigenvalue weighted by atomic mass is 9.90. The summed E-state index contributed by atoms with van der Waals surface area (Å²) in [6.07, 6.45) is 2.16. The maximum absolute atomic E-state index is 13.1. The summed E-state index contributed by atoms with van der Waals surface area (Å²) in [5.74, 6) is -0.692. The largest absolute Gasteiger partial charge is 0.396 e. The number of fused-ring (bicyclic) bond motifs is 1. The Labute approximate surface area is 222 Å². The van der Waals surface area contributed by atoms with Gasteiger partial charge >= 0.3 is 0 Å². The summed E-state index contributed by atoms with van der Waals surface area (Å²) in [5.41, 5.74) is 1.75. The second-order valence-electron chi connectivity index (χ2n) is 10.1. The summed E-state index contributed by atoms with van der Waals surface area (Å²) in [7, 11) is 0. The number of carbonyl (C=O) groups is 1. The Hall–Kier alpha value is -3.00. The minimum absolute atomic E-state index is 0.00893. The van der Waals surface area contributed by atoms with Crippen LogP contribution in [0.3, 0.4) is 0 Å². The van der Waals surface area contributed by atoms with Crippen molar-refractivity contribution >= 4 is 28.4 Å². The first-order valence-electron chi connectivity index (χ1n) is 13.4. The molecule has 9 heteroatoms. The van der Waals surface area contributed by atoms with E-state index in [0.29, 0.717) is 24.8 Å². The van der Waals surface area contributed by atoms with Crippen LogP contribution >= 0.6 is 0 Å². The van der Waals surface area contributed by atoms with Crippen LogP contribution in [0.5, 0.6) is 0 Å². The van der Waals surface area contributed by atoms with Crippen molar-refractivity contribution < 1.29 is 30.0 Å². The number of nitrogens with one attached hydrogen (secondary N) is 1. The summed E-state index contributed by atoms with van der Waals surface area (Å²) in [6.45, 7) is 1.63. The highest BCUT2D eigenvalue weighted by molar-refractivity contribution is 6.02. The first-order chi connectivity index (χ1) is 18.4. The van der Waals surface area contributed by atoms with E-state index in [4.69, 9.17) is 9.84 Å². The average Bonchev–Trinajstić information content (AvgIpc) is 2.95. The lowest BCUT2D eigenvalue weighted by molar-refractivity contribution is -0.196. The van der Waals surface area contributed by atoms with Crippen LogP contribution < -0.4 is 10.2 Å². The SMILES string of the molecule is N#C/C(=C\c1ccc2cc(N3CCCCC3)ccc2c1)C(=O)N[C@H]1C(CCCCO)O[C@H](CO)[C@@H](O)[C@@H]1O. The molecular formula is C29H37N3O6. The third-order valence-electron chi connectivity index (χ3n) is 7.47. The van der Waals surface area contributed by atoms with Crippen LogP contribution in [0.2, 0.25) is 0 Å². The Morgan fingerprint density at radius 1 is 1.03 bits per heavy atom. The van der Waals surface area contributed by atoms with E-state index in [-0.39, 0.29) is 12.2 Å². The van der Waals surface area contributed by atoms with Crippen molar-refractivity contribution in [2.75, 3.05) is 31.2 Å². The van der Waals surface area contributed by atoms with Crippen LogP contribution in [0.1, 0.15) is 44.1 Å². The Morgan fingerprint density at radius 2 is 1.76 bits per heavy atom. The number of ether oxygens (including phenoxy) is 1. The van der Waals surface area contributed by atoms with Gasteiger partial charge in [0, 0.05) is 25.4 Å². The minimum atomic E-state index is -1.40.